The number of aromatic carboxylic acids is 1. The molecule has 162 valence electrons. The van der Waals surface area contributed by atoms with Gasteiger partial charge in [-0.15, -0.1) is 0 Å². The van der Waals surface area contributed by atoms with Gasteiger partial charge in [-0.05, 0) is 61.9 Å². The lowest BCUT2D eigenvalue weighted by molar-refractivity contribution is -0.112. The average molecular weight is 489 g/mol. The number of carbonyl (C=O) groups excluding carboxylic acids is 1. The predicted octanol–water partition coefficient (Wildman–Crippen LogP) is 6.30. The van der Waals surface area contributed by atoms with Crippen molar-refractivity contribution in [3.05, 3.63) is 85.6 Å². The fraction of sp³-hybridized carbons (Fsp3) is 0.0870. The van der Waals surface area contributed by atoms with Gasteiger partial charge in [-0.1, -0.05) is 40.9 Å². The van der Waals surface area contributed by atoms with Gasteiger partial charge in [-0.25, -0.2) is 4.79 Å². The van der Waals surface area contributed by atoms with E-state index in [0.717, 1.165) is 5.69 Å². The molecule has 0 saturated heterocycles. The summed E-state index contributed by atoms with van der Waals surface area (Å²) in [7, 11) is 0. The first-order valence-electron chi connectivity index (χ1n) is 9.23. The summed E-state index contributed by atoms with van der Waals surface area (Å²) in [4.78, 5) is 24.0. The summed E-state index contributed by atoms with van der Waals surface area (Å²) in [6, 6.07) is 12.9. The second kappa shape index (κ2) is 9.49. The van der Waals surface area contributed by atoms with E-state index in [1.54, 1.807) is 35.8 Å². The smallest absolute Gasteiger partial charge is 0.335 e. The number of nitriles is 1. The van der Waals surface area contributed by atoms with E-state index in [9.17, 15) is 20.0 Å². The largest absolute Gasteiger partial charge is 0.478 e. The highest BCUT2D eigenvalue weighted by molar-refractivity contribution is 6.44. The maximum atomic E-state index is 12.7. The van der Waals surface area contributed by atoms with Crippen LogP contribution in [0.15, 0.2) is 48.0 Å². The number of nitrogens with one attached hydrogen (secondary N) is 1. The molecule has 1 aromatic heterocycles. The Balaban J connectivity index is 2.01. The summed E-state index contributed by atoms with van der Waals surface area (Å²) in [5.41, 5.74) is 2.73. The first-order chi connectivity index (χ1) is 15.1. The van der Waals surface area contributed by atoms with Gasteiger partial charge in [0.15, 0.2) is 0 Å². The van der Waals surface area contributed by atoms with Gasteiger partial charge in [0, 0.05) is 11.4 Å². The van der Waals surface area contributed by atoms with Gasteiger partial charge in [-0.2, -0.15) is 5.26 Å². The van der Waals surface area contributed by atoms with Crippen LogP contribution in [-0.2, 0) is 4.79 Å². The van der Waals surface area contributed by atoms with Crippen LogP contribution in [0.5, 0.6) is 0 Å². The number of carboxylic acid groups (broad SMARTS) is 1. The molecule has 0 spiro atoms. The van der Waals surface area contributed by atoms with Gasteiger partial charge in [0.25, 0.3) is 5.91 Å². The summed E-state index contributed by atoms with van der Waals surface area (Å²) in [5, 5.41) is 22.2. The predicted molar refractivity (Wildman–Crippen MR) is 126 cm³/mol. The molecule has 6 nitrogen and oxygen atoms in total. The van der Waals surface area contributed by atoms with Crippen molar-refractivity contribution in [3.63, 3.8) is 0 Å². The minimum absolute atomic E-state index is 0.0875. The number of nitrogens with zero attached hydrogens (tertiary/aromatic N) is 2. The maximum Gasteiger partial charge on any atom is 0.335 e. The molecular weight excluding hydrogens is 473 g/mol. The number of amides is 1. The van der Waals surface area contributed by atoms with Crippen LogP contribution in [0, 0.1) is 25.2 Å². The fourth-order valence-corrected chi connectivity index (χ4v) is 3.77. The van der Waals surface area contributed by atoms with E-state index >= 15 is 0 Å². The highest BCUT2D eigenvalue weighted by Gasteiger charge is 2.17. The standard InChI is InChI=1S/C23H16Cl3N3O3/c1-12-8-15(13(2)29(12)20-10-14(23(31)32)6-7-17(20)24)9-16(11-27)22(30)28-19-5-3-4-18(25)21(19)26/h3-10H,1-2H3,(H,28,30)(H,31,32)/b16-9-. The molecule has 0 atom stereocenters. The normalized spacial score (nSPS) is 11.2. The van der Waals surface area contributed by atoms with Gasteiger partial charge < -0.3 is 15.0 Å². The van der Waals surface area contributed by atoms with Gasteiger partial charge >= 0.3 is 5.97 Å². The van der Waals surface area contributed by atoms with Crippen LogP contribution >= 0.6 is 34.8 Å². The topological polar surface area (TPSA) is 95.1 Å². The number of hydrogen-bond donors (Lipinski definition) is 2. The van der Waals surface area contributed by atoms with Crippen LogP contribution in [0.1, 0.15) is 27.3 Å². The first kappa shape index (κ1) is 23.4. The molecule has 0 aliphatic rings. The van der Waals surface area contributed by atoms with Crippen molar-refractivity contribution in [2.24, 2.45) is 0 Å². The monoisotopic (exact) mass is 487 g/mol. The van der Waals surface area contributed by atoms with Gasteiger partial charge in [0.2, 0.25) is 0 Å². The van der Waals surface area contributed by atoms with Crippen molar-refractivity contribution >= 4 is 58.4 Å². The van der Waals surface area contributed by atoms with Crippen LogP contribution in [0.2, 0.25) is 15.1 Å². The number of carboxylic acids is 1. The van der Waals surface area contributed by atoms with E-state index in [1.165, 1.54) is 24.3 Å². The van der Waals surface area contributed by atoms with Gasteiger partial charge in [0.1, 0.15) is 11.6 Å². The summed E-state index contributed by atoms with van der Waals surface area (Å²) < 4.78 is 1.77. The SMILES string of the molecule is Cc1cc(/C=C(/C#N)C(=O)Nc2cccc(Cl)c2Cl)c(C)n1-c1cc(C(=O)O)ccc1Cl. The quantitative estimate of drug-likeness (QED) is 0.325. The number of hydrogen-bond acceptors (Lipinski definition) is 3. The Hall–Kier alpha value is -3.24. The number of aromatic nitrogens is 1. The molecule has 32 heavy (non-hydrogen) atoms. The summed E-state index contributed by atoms with van der Waals surface area (Å²) >= 11 is 18.4. The molecule has 3 aromatic rings. The number of anilines is 1. The third-order valence-electron chi connectivity index (χ3n) is 4.77. The van der Waals surface area contributed by atoms with E-state index in [1.807, 2.05) is 13.0 Å². The highest BCUT2D eigenvalue weighted by atomic mass is 35.5. The summed E-state index contributed by atoms with van der Waals surface area (Å²) in [6.07, 6.45) is 1.45. The second-order valence-electron chi connectivity index (χ2n) is 6.86. The molecule has 2 N–H and O–H groups in total. The van der Waals surface area contributed by atoms with E-state index < -0.39 is 11.9 Å². The second-order valence-corrected chi connectivity index (χ2v) is 8.05. The van der Waals surface area contributed by atoms with Crippen LogP contribution in [0.3, 0.4) is 0 Å². The molecule has 0 fully saturated rings. The van der Waals surface area contributed by atoms with Crippen molar-refractivity contribution < 1.29 is 14.7 Å². The van der Waals surface area contributed by atoms with Crippen LogP contribution in [0.25, 0.3) is 11.8 Å². The van der Waals surface area contributed by atoms with Crippen molar-refractivity contribution in [1.29, 1.82) is 5.26 Å². The van der Waals surface area contributed by atoms with Crippen molar-refractivity contribution in [3.8, 4) is 11.8 Å². The third kappa shape index (κ3) is 4.66. The lowest BCUT2D eigenvalue weighted by Crippen LogP contribution is -2.13. The van der Waals surface area contributed by atoms with E-state index in [0.29, 0.717) is 22.0 Å². The molecule has 0 bridgehead atoms. The Bertz CT molecular complexity index is 1320. The fourth-order valence-electron chi connectivity index (χ4n) is 3.22. The van der Waals surface area contributed by atoms with Crippen molar-refractivity contribution in [2.45, 2.75) is 13.8 Å². The van der Waals surface area contributed by atoms with Crippen molar-refractivity contribution in [2.75, 3.05) is 5.32 Å². The molecule has 0 saturated carbocycles. The van der Waals surface area contributed by atoms with Crippen LogP contribution in [0.4, 0.5) is 5.69 Å². The zero-order valence-corrected chi connectivity index (χ0v) is 19.2. The number of carbonyl (C=O) groups is 2. The first-order valence-corrected chi connectivity index (χ1v) is 10.4. The molecule has 2 aromatic carbocycles. The number of rotatable bonds is 5. The zero-order valence-electron chi connectivity index (χ0n) is 16.9. The Morgan fingerprint density at radius 3 is 2.47 bits per heavy atom. The average Bonchev–Trinajstić information content (AvgIpc) is 3.02. The Morgan fingerprint density at radius 1 is 1.09 bits per heavy atom. The Kier molecular flexibility index (Phi) is 6.95. The molecule has 1 heterocycles. The minimum atomic E-state index is -1.08. The van der Waals surface area contributed by atoms with E-state index in [-0.39, 0.29) is 26.9 Å². The summed E-state index contributed by atoms with van der Waals surface area (Å²) in [5.74, 6) is -1.72. The Labute approximate surface area is 199 Å². The number of halogens is 3. The zero-order chi connectivity index (χ0) is 23.6. The van der Waals surface area contributed by atoms with E-state index in [4.69, 9.17) is 34.8 Å². The minimum Gasteiger partial charge on any atom is -0.478 e. The highest BCUT2D eigenvalue weighted by Crippen LogP contribution is 2.31. The van der Waals surface area contributed by atoms with Crippen LogP contribution < -0.4 is 5.32 Å². The molecule has 0 aliphatic heterocycles. The molecule has 3 rings (SSSR count). The lowest BCUT2D eigenvalue weighted by atomic mass is 10.1. The van der Waals surface area contributed by atoms with Gasteiger partial charge in [0.05, 0.1) is 32.0 Å². The maximum absolute atomic E-state index is 12.7. The van der Waals surface area contributed by atoms with Gasteiger partial charge in [-0.3, -0.25) is 4.79 Å². The molecule has 1 amide bonds. The lowest BCUT2D eigenvalue weighted by Gasteiger charge is -2.12. The Morgan fingerprint density at radius 2 is 1.81 bits per heavy atom. The molecule has 0 radical (unpaired) electrons. The molecule has 0 unspecified atom stereocenters. The summed E-state index contributed by atoms with van der Waals surface area (Å²) in [6.45, 7) is 3.59. The van der Waals surface area contributed by atoms with E-state index in [2.05, 4.69) is 5.32 Å². The van der Waals surface area contributed by atoms with Crippen LogP contribution in [-0.4, -0.2) is 21.6 Å². The van der Waals surface area contributed by atoms with Crippen molar-refractivity contribution in [1.82, 2.24) is 4.57 Å². The number of aryl methyl sites for hydroxylation is 1. The number of benzene rings is 2. The molecular formula is C23H16Cl3N3O3. The molecule has 0 aliphatic carbocycles. The molecule has 9 heteroatoms. The third-order valence-corrected chi connectivity index (χ3v) is 5.91.